The second-order valence-electron chi connectivity index (χ2n) is 9.49. The van der Waals surface area contributed by atoms with E-state index in [1.165, 1.54) is 18.8 Å². The van der Waals surface area contributed by atoms with Crippen LogP contribution < -0.4 is 13.8 Å². The van der Waals surface area contributed by atoms with Crippen molar-refractivity contribution in [2.75, 3.05) is 25.1 Å². The molecule has 1 N–H and O–H groups in total. The molecule has 0 saturated heterocycles. The Bertz CT molecular complexity index is 1320. The molecule has 2 heterocycles. The Morgan fingerprint density at radius 2 is 1.75 bits per heavy atom. The normalized spacial score (nSPS) is 12.9. The second-order valence-corrected chi connectivity index (χ2v) is 17.3. The van der Waals surface area contributed by atoms with Gasteiger partial charge in [-0.15, -0.1) is 10.2 Å². The van der Waals surface area contributed by atoms with Crippen molar-refractivity contribution in [2.24, 2.45) is 0 Å². The van der Waals surface area contributed by atoms with E-state index in [0.717, 1.165) is 11.2 Å². The van der Waals surface area contributed by atoms with Gasteiger partial charge in [-0.05, 0) is 44.2 Å². The smallest absolute Gasteiger partial charge is 0.323 e. The molecule has 2 aromatic heterocycles. The zero-order valence-electron chi connectivity index (χ0n) is 21.5. The molecule has 3 rings (SSSR count). The molecule has 1 atom stereocenters. The Morgan fingerprint density at radius 3 is 2.22 bits per heavy atom. The number of rotatable bonds is 11. The number of furan rings is 1. The fourth-order valence-corrected chi connectivity index (χ4v) is 5.89. The van der Waals surface area contributed by atoms with Gasteiger partial charge in [0.25, 0.3) is 10.0 Å². The fraction of sp³-hybridized carbons (Fsp3) is 0.435. The number of para-hydroxylation sites is 1. The van der Waals surface area contributed by atoms with E-state index < -0.39 is 29.3 Å². The fourth-order valence-electron chi connectivity index (χ4n) is 3.51. The number of aromatic nitrogens is 3. The monoisotopic (exact) mass is 536 g/mol. The summed E-state index contributed by atoms with van der Waals surface area (Å²) in [6, 6.07) is 9.12. The molecule has 13 heteroatoms. The third-order valence-electron chi connectivity index (χ3n) is 5.62. The molecule has 3 aromatic rings. The minimum absolute atomic E-state index is 0.0302. The molecule has 0 bridgehead atoms. The van der Waals surface area contributed by atoms with Crippen molar-refractivity contribution in [2.45, 2.75) is 44.8 Å². The summed E-state index contributed by atoms with van der Waals surface area (Å²) in [6.07, 6.45) is 0. The van der Waals surface area contributed by atoms with Crippen LogP contribution in [0.5, 0.6) is 11.5 Å². The quantitative estimate of drug-likeness (QED) is 0.363. The number of anilines is 1. The van der Waals surface area contributed by atoms with E-state index >= 15 is 0 Å². The predicted molar refractivity (Wildman–Crippen MR) is 138 cm³/mol. The minimum Gasteiger partial charge on any atom is -0.494 e. The lowest BCUT2D eigenvalue weighted by Crippen LogP contribution is -2.44. The maximum Gasteiger partial charge on any atom is 0.323 e. The molecule has 0 saturated carbocycles. The summed E-state index contributed by atoms with van der Waals surface area (Å²) in [5.74, 6) is 0.354. The maximum atomic E-state index is 13.6. The van der Waals surface area contributed by atoms with E-state index in [9.17, 15) is 18.3 Å². The van der Waals surface area contributed by atoms with Crippen molar-refractivity contribution < 1.29 is 32.2 Å². The molecule has 0 aliphatic carbocycles. The highest BCUT2D eigenvalue weighted by atomic mass is 32.2. The molecule has 36 heavy (non-hydrogen) atoms. The summed E-state index contributed by atoms with van der Waals surface area (Å²) in [4.78, 5) is 11.8. The van der Waals surface area contributed by atoms with Crippen LogP contribution in [0.15, 0.2) is 34.7 Å². The first-order valence-electron chi connectivity index (χ1n) is 11.3. The Hall–Kier alpha value is -3.32. The van der Waals surface area contributed by atoms with Crippen molar-refractivity contribution in [3.05, 3.63) is 36.1 Å². The first kappa shape index (κ1) is 27.3. The lowest BCUT2D eigenvalue weighted by atomic mass is 10.2. The predicted octanol–water partition coefficient (Wildman–Crippen LogP) is 3.80. The van der Waals surface area contributed by atoms with Gasteiger partial charge in [-0.2, -0.15) is 0 Å². The number of carboxylic acids is 1. The maximum absolute atomic E-state index is 13.6. The van der Waals surface area contributed by atoms with Crippen LogP contribution >= 0.6 is 0 Å². The molecule has 1 unspecified atom stereocenters. The number of carboxylic acid groups (broad SMARTS) is 1. The van der Waals surface area contributed by atoms with E-state index in [0.29, 0.717) is 34.8 Å². The van der Waals surface area contributed by atoms with Crippen LogP contribution in [0.2, 0.25) is 25.7 Å². The topological polar surface area (TPSA) is 137 Å². The molecule has 0 fully saturated rings. The van der Waals surface area contributed by atoms with Crippen LogP contribution in [0.1, 0.15) is 12.7 Å². The lowest BCUT2D eigenvalue weighted by molar-refractivity contribution is -0.136. The van der Waals surface area contributed by atoms with Crippen molar-refractivity contribution in [3.63, 3.8) is 0 Å². The van der Waals surface area contributed by atoms with Crippen LogP contribution in [-0.2, 0) is 14.8 Å². The van der Waals surface area contributed by atoms with Crippen LogP contribution in [0.3, 0.4) is 0 Å². The summed E-state index contributed by atoms with van der Waals surface area (Å²) in [7, 11) is -3.19. The van der Waals surface area contributed by atoms with E-state index in [1.807, 2.05) is 0 Å². The van der Waals surface area contributed by atoms with Gasteiger partial charge in [0.05, 0.1) is 14.2 Å². The third kappa shape index (κ3) is 5.41. The number of sulfonamides is 1. The highest BCUT2D eigenvalue weighted by Crippen LogP contribution is 2.39. The second kappa shape index (κ2) is 10.3. The molecule has 0 amide bonds. The number of aryl methyl sites for hydroxylation is 1. The summed E-state index contributed by atoms with van der Waals surface area (Å²) in [5.41, 5.74) is 0.350. The van der Waals surface area contributed by atoms with Gasteiger partial charge in [-0.1, -0.05) is 25.7 Å². The van der Waals surface area contributed by atoms with Crippen molar-refractivity contribution >= 4 is 30.0 Å². The van der Waals surface area contributed by atoms with Crippen LogP contribution in [0, 0.1) is 6.92 Å². The summed E-state index contributed by atoms with van der Waals surface area (Å²) >= 11 is 0. The number of aliphatic carboxylic acids is 1. The molecular weight excluding hydrogens is 504 g/mol. The Kier molecular flexibility index (Phi) is 7.84. The molecular formula is C23H32N4O7SSi. The highest BCUT2D eigenvalue weighted by molar-refractivity contribution is 7.94. The molecule has 1 aromatic carbocycles. The molecule has 0 spiro atoms. The molecule has 11 nitrogen and oxygen atoms in total. The standard InChI is InChI=1S/C23H32N4O7SSi/c1-15-11-12-19(34-15)21-24-25-23(27(21)20-17(32-3)9-8-10-18(20)33-4)26(13-14-36(5,6)7)35(30,31)16(2)22(28)29/h8-12,16H,13-14H2,1-7H3,(H,28,29). The summed E-state index contributed by atoms with van der Waals surface area (Å²) < 4.78 is 46.7. The van der Waals surface area contributed by atoms with Gasteiger partial charge < -0.3 is 19.0 Å². The van der Waals surface area contributed by atoms with Crippen molar-refractivity contribution in [1.29, 1.82) is 0 Å². The van der Waals surface area contributed by atoms with Crippen molar-refractivity contribution in [3.8, 4) is 28.8 Å². The molecule has 0 radical (unpaired) electrons. The molecule has 196 valence electrons. The van der Waals surface area contributed by atoms with Gasteiger partial charge in [-0.25, -0.2) is 12.7 Å². The van der Waals surface area contributed by atoms with E-state index in [2.05, 4.69) is 29.8 Å². The lowest BCUT2D eigenvalue weighted by Gasteiger charge is -2.28. The zero-order chi connectivity index (χ0) is 26.8. The van der Waals surface area contributed by atoms with Crippen LogP contribution in [0.4, 0.5) is 5.95 Å². The number of carbonyl (C=O) groups is 1. The molecule has 0 aliphatic heterocycles. The SMILES string of the molecule is COc1cccc(OC)c1-n1c(-c2ccc(C)o2)nnc1N(CC[Si](C)(C)C)S(=O)(=O)C(C)C(=O)O. The Morgan fingerprint density at radius 1 is 1.14 bits per heavy atom. The summed E-state index contributed by atoms with van der Waals surface area (Å²) in [5, 5.41) is 16.4. The largest absolute Gasteiger partial charge is 0.494 e. The third-order valence-corrected chi connectivity index (χ3v) is 9.40. The van der Waals surface area contributed by atoms with Gasteiger partial charge >= 0.3 is 5.97 Å². The zero-order valence-corrected chi connectivity index (χ0v) is 23.3. The molecule has 0 aliphatic rings. The van der Waals surface area contributed by atoms with Crippen molar-refractivity contribution in [1.82, 2.24) is 14.8 Å². The van der Waals surface area contributed by atoms with Gasteiger partial charge in [0.15, 0.2) is 11.0 Å². The van der Waals surface area contributed by atoms with Crippen LogP contribution in [0.25, 0.3) is 17.3 Å². The number of hydrogen-bond donors (Lipinski definition) is 1. The number of benzene rings is 1. The number of nitrogens with zero attached hydrogens (tertiary/aromatic N) is 4. The van der Waals surface area contributed by atoms with E-state index in [-0.39, 0.29) is 18.3 Å². The number of hydrogen-bond acceptors (Lipinski definition) is 8. The number of methoxy groups -OCH3 is 2. The first-order chi connectivity index (χ1) is 16.8. The van der Waals surface area contributed by atoms with Crippen LogP contribution in [-0.4, -0.2) is 68.3 Å². The average Bonchev–Trinajstić information content (AvgIpc) is 3.43. The first-order valence-corrected chi connectivity index (χ1v) is 16.5. The average molecular weight is 537 g/mol. The van der Waals surface area contributed by atoms with Gasteiger partial charge in [0.1, 0.15) is 22.9 Å². The summed E-state index contributed by atoms with van der Waals surface area (Å²) in [6.45, 7) is 9.24. The van der Waals surface area contributed by atoms with Gasteiger partial charge in [-0.3, -0.25) is 9.36 Å². The van der Waals surface area contributed by atoms with Gasteiger partial charge in [0.2, 0.25) is 11.8 Å². The van der Waals surface area contributed by atoms with Gasteiger partial charge in [0, 0.05) is 14.6 Å². The Balaban J connectivity index is 2.39. The Labute approximate surface area is 211 Å². The highest BCUT2D eigenvalue weighted by Gasteiger charge is 2.39. The van der Waals surface area contributed by atoms with E-state index in [4.69, 9.17) is 13.9 Å². The van der Waals surface area contributed by atoms with E-state index in [1.54, 1.807) is 37.3 Å². The number of ether oxygens (including phenoxy) is 2. The minimum atomic E-state index is -4.39.